The van der Waals surface area contributed by atoms with E-state index in [9.17, 15) is 9.59 Å². The third-order valence-corrected chi connectivity index (χ3v) is 4.65. The first-order valence-electron chi connectivity index (χ1n) is 8.72. The normalized spacial score (nSPS) is 20.7. The van der Waals surface area contributed by atoms with Gasteiger partial charge < -0.3 is 15.2 Å². The first kappa shape index (κ1) is 16.7. The summed E-state index contributed by atoms with van der Waals surface area (Å²) in [7, 11) is 0. The van der Waals surface area contributed by atoms with Crippen molar-refractivity contribution >= 4 is 28.4 Å². The molecule has 2 N–H and O–H groups in total. The highest BCUT2D eigenvalue weighted by Crippen LogP contribution is 2.31. The highest BCUT2D eigenvalue weighted by atomic mass is 16.5. The minimum atomic E-state index is -0.443. The van der Waals surface area contributed by atoms with Gasteiger partial charge >= 0.3 is 0 Å². The van der Waals surface area contributed by atoms with Crippen molar-refractivity contribution in [1.29, 1.82) is 0 Å². The minimum Gasteiger partial charge on any atom is -0.395 e. The van der Waals surface area contributed by atoms with Crippen LogP contribution in [0.3, 0.4) is 0 Å². The van der Waals surface area contributed by atoms with Crippen LogP contribution in [-0.2, 0) is 14.3 Å². The molecular weight excluding hydrogens is 336 g/mol. The Labute approximate surface area is 150 Å². The summed E-state index contributed by atoms with van der Waals surface area (Å²) in [5, 5.41) is 17.5. The van der Waals surface area contributed by atoms with Gasteiger partial charge in [0, 0.05) is 18.1 Å². The fourth-order valence-electron chi connectivity index (χ4n) is 3.39. The molecule has 26 heavy (non-hydrogen) atoms. The molecule has 1 atom stereocenters. The van der Waals surface area contributed by atoms with Crippen molar-refractivity contribution in [3.8, 4) is 0 Å². The Balaban J connectivity index is 1.67. The molecule has 4 rings (SSSR count). The second-order valence-electron chi connectivity index (χ2n) is 6.36. The van der Waals surface area contributed by atoms with E-state index >= 15 is 0 Å². The number of rotatable bonds is 5. The number of aliphatic hydroxyl groups is 1. The number of carbonyl (C=O) groups excluding carboxylic acids is 2. The smallest absolute Gasteiger partial charge is 0.277 e. The lowest BCUT2D eigenvalue weighted by atomic mass is 10.1. The van der Waals surface area contributed by atoms with Crippen LogP contribution < -0.4 is 5.32 Å². The molecule has 2 aliphatic rings. The van der Waals surface area contributed by atoms with Crippen LogP contribution in [0.15, 0.2) is 36.2 Å². The van der Waals surface area contributed by atoms with Gasteiger partial charge in [-0.05, 0) is 25.3 Å². The van der Waals surface area contributed by atoms with E-state index in [-0.39, 0.29) is 25.1 Å². The van der Waals surface area contributed by atoms with Crippen LogP contribution >= 0.6 is 0 Å². The number of hydrogen-bond acceptors (Lipinski definition) is 6. The molecule has 8 heteroatoms. The van der Waals surface area contributed by atoms with Crippen molar-refractivity contribution in [3.63, 3.8) is 0 Å². The van der Waals surface area contributed by atoms with Gasteiger partial charge in [0.05, 0.1) is 30.6 Å². The van der Waals surface area contributed by atoms with E-state index in [1.165, 1.54) is 6.08 Å². The molecule has 0 saturated carbocycles. The van der Waals surface area contributed by atoms with E-state index in [1.54, 1.807) is 6.20 Å². The number of anilines is 1. The maximum Gasteiger partial charge on any atom is 0.277 e. The van der Waals surface area contributed by atoms with E-state index in [0.29, 0.717) is 12.3 Å². The third kappa shape index (κ3) is 2.87. The van der Waals surface area contributed by atoms with Crippen LogP contribution in [0.2, 0.25) is 0 Å². The summed E-state index contributed by atoms with van der Waals surface area (Å²) in [6, 6.07) is 5.66. The zero-order valence-corrected chi connectivity index (χ0v) is 14.2. The van der Waals surface area contributed by atoms with Crippen LogP contribution in [0.4, 0.5) is 5.69 Å². The average Bonchev–Trinajstić information content (AvgIpc) is 3.20. The monoisotopic (exact) mass is 356 g/mol. The van der Waals surface area contributed by atoms with Crippen LogP contribution in [-0.4, -0.2) is 51.4 Å². The molecule has 0 spiro atoms. The van der Waals surface area contributed by atoms with Crippen LogP contribution in [0, 0.1) is 0 Å². The number of β-amino-alcohol motifs (C(OH)–C–C–N with tert-alkyl or cyclic N) is 1. The van der Waals surface area contributed by atoms with Gasteiger partial charge in [0.15, 0.2) is 6.23 Å². The number of fused-ring (bicyclic) bond motifs is 1. The van der Waals surface area contributed by atoms with Gasteiger partial charge in [0.25, 0.3) is 11.8 Å². The van der Waals surface area contributed by atoms with E-state index in [4.69, 9.17) is 9.84 Å². The average molecular weight is 356 g/mol. The molecule has 8 nitrogen and oxygen atoms in total. The first-order chi connectivity index (χ1) is 12.7. The predicted octanol–water partition coefficient (Wildman–Crippen LogP) is 1.39. The predicted molar refractivity (Wildman–Crippen MR) is 94.1 cm³/mol. The Hall–Kier alpha value is -2.71. The van der Waals surface area contributed by atoms with Gasteiger partial charge in [-0.15, -0.1) is 0 Å². The van der Waals surface area contributed by atoms with E-state index in [2.05, 4.69) is 10.4 Å². The lowest BCUT2D eigenvalue weighted by Gasteiger charge is -2.24. The largest absolute Gasteiger partial charge is 0.395 e. The highest BCUT2D eigenvalue weighted by Gasteiger charge is 2.31. The molecular formula is C18H20N4O4. The molecule has 2 aliphatic heterocycles. The molecule has 0 bridgehead atoms. The third-order valence-electron chi connectivity index (χ3n) is 4.65. The summed E-state index contributed by atoms with van der Waals surface area (Å²) in [5.41, 5.74) is 1.71. The van der Waals surface area contributed by atoms with Crippen molar-refractivity contribution in [3.05, 3.63) is 36.2 Å². The quantitative estimate of drug-likeness (QED) is 0.786. The molecule has 1 aromatic heterocycles. The Morgan fingerprint density at radius 2 is 2.19 bits per heavy atom. The van der Waals surface area contributed by atoms with Gasteiger partial charge in [0.1, 0.15) is 5.70 Å². The lowest BCUT2D eigenvalue weighted by Crippen LogP contribution is -2.34. The molecule has 0 aliphatic carbocycles. The maximum atomic E-state index is 12.4. The number of amides is 2. The minimum absolute atomic E-state index is 0.0165. The van der Waals surface area contributed by atoms with Crippen LogP contribution in [0.1, 0.15) is 25.5 Å². The Kier molecular flexibility index (Phi) is 4.44. The zero-order valence-electron chi connectivity index (χ0n) is 14.2. The zero-order chi connectivity index (χ0) is 18.1. The standard InChI is InChI=1S/C18H20N4O4/c23-8-7-21-15(24)10-14(18(21)25)20-13-5-3-4-12-11-19-22(17(12)13)16-6-1-2-9-26-16/h3-5,10-11,16,20,23H,1-2,6-9H2. The van der Waals surface area contributed by atoms with E-state index < -0.39 is 11.8 Å². The Morgan fingerprint density at radius 1 is 1.31 bits per heavy atom. The summed E-state index contributed by atoms with van der Waals surface area (Å²) in [6.07, 6.45) is 5.90. The number of nitrogens with zero attached hydrogens (tertiary/aromatic N) is 3. The van der Waals surface area contributed by atoms with Crippen molar-refractivity contribution in [1.82, 2.24) is 14.7 Å². The summed E-state index contributed by atoms with van der Waals surface area (Å²) in [4.78, 5) is 25.3. The number of carbonyl (C=O) groups is 2. The molecule has 0 radical (unpaired) electrons. The van der Waals surface area contributed by atoms with Crippen molar-refractivity contribution in [2.75, 3.05) is 25.1 Å². The molecule has 1 aromatic carbocycles. The van der Waals surface area contributed by atoms with Gasteiger partial charge in [-0.3, -0.25) is 14.5 Å². The molecule has 3 heterocycles. The molecule has 136 valence electrons. The lowest BCUT2D eigenvalue weighted by molar-refractivity contribution is -0.137. The number of imide groups is 1. The van der Waals surface area contributed by atoms with Crippen molar-refractivity contribution < 1.29 is 19.4 Å². The Bertz CT molecular complexity index is 882. The van der Waals surface area contributed by atoms with Crippen LogP contribution in [0.5, 0.6) is 0 Å². The number of ether oxygens (including phenoxy) is 1. The number of aromatic nitrogens is 2. The Morgan fingerprint density at radius 3 is 2.96 bits per heavy atom. The topological polar surface area (TPSA) is 96.7 Å². The summed E-state index contributed by atoms with van der Waals surface area (Å²) >= 11 is 0. The first-order valence-corrected chi connectivity index (χ1v) is 8.72. The highest BCUT2D eigenvalue weighted by molar-refractivity contribution is 6.18. The van der Waals surface area contributed by atoms with Crippen molar-refractivity contribution in [2.45, 2.75) is 25.5 Å². The van der Waals surface area contributed by atoms with Gasteiger partial charge in [-0.1, -0.05) is 12.1 Å². The van der Waals surface area contributed by atoms with Gasteiger partial charge in [0.2, 0.25) is 0 Å². The molecule has 1 fully saturated rings. The molecule has 1 saturated heterocycles. The van der Waals surface area contributed by atoms with Crippen molar-refractivity contribution in [2.24, 2.45) is 0 Å². The summed E-state index contributed by atoms with van der Waals surface area (Å²) < 4.78 is 7.68. The number of nitrogens with one attached hydrogen (secondary N) is 1. The second kappa shape index (κ2) is 6.89. The fraction of sp³-hybridized carbons (Fsp3) is 0.389. The number of benzene rings is 1. The number of hydrogen-bond donors (Lipinski definition) is 2. The number of aliphatic hydroxyl groups excluding tert-OH is 1. The van der Waals surface area contributed by atoms with Gasteiger partial charge in [-0.25, -0.2) is 4.68 Å². The molecule has 1 unspecified atom stereocenters. The van der Waals surface area contributed by atoms with Gasteiger partial charge in [-0.2, -0.15) is 5.10 Å². The van der Waals surface area contributed by atoms with E-state index in [0.717, 1.165) is 35.1 Å². The molecule has 2 aromatic rings. The number of para-hydroxylation sites is 1. The summed E-state index contributed by atoms with van der Waals surface area (Å²) in [6.45, 7) is 0.424. The van der Waals surface area contributed by atoms with E-state index in [1.807, 2.05) is 22.9 Å². The summed E-state index contributed by atoms with van der Waals surface area (Å²) in [5.74, 6) is -0.871. The second-order valence-corrected chi connectivity index (χ2v) is 6.36. The fourth-order valence-corrected chi connectivity index (χ4v) is 3.39. The SMILES string of the molecule is O=C1C=C(Nc2cccc3cnn(C4CCCCO4)c23)C(=O)N1CCO. The van der Waals surface area contributed by atoms with Crippen LogP contribution in [0.25, 0.3) is 10.9 Å². The molecule has 2 amide bonds. The maximum absolute atomic E-state index is 12.4.